The molecule has 2 N–H and O–H groups in total. The zero-order valence-corrected chi connectivity index (χ0v) is 10.1. The highest BCUT2D eigenvalue weighted by molar-refractivity contribution is 9.10. The molecule has 0 amide bonds. The van der Waals surface area contributed by atoms with E-state index in [1.807, 2.05) is 19.9 Å². The van der Waals surface area contributed by atoms with E-state index in [-0.39, 0.29) is 6.10 Å². The molecular formula is C11H16BrNO. The average molecular weight is 258 g/mol. The molecule has 0 fully saturated rings. The van der Waals surface area contributed by atoms with Gasteiger partial charge in [-0.1, -0.05) is 22.9 Å². The van der Waals surface area contributed by atoms with Crippen molar-refractivity contribution < 1.29 is 5.11 Å². The fourth-order valence-corrected chi connectivity index (χ4v) is 1.83. The SMILES string of the molecule is CC[C@@H](O)CNc1cc(C)cc(Br)c1. The van der Waals surface area contributed by atoms with Crippen LogP contribution in [0.25, 0.3) is 0 Å². The van der Waals surface area contributed by atoms with Crippen LogP contribution in [-0.4, -0.2) is 17.8 Å². The van der Waals surface area contributed by atoms with Gasteiger partial charge in [-0.25, -0.2) is 0 Å². The molecule has 3 heteroatoms. The quantitative estimate of drug-likeness (QED) is 0.870. The standard InChI is InChI=1S/C11H16BrNO/c1-3-11(14)7-13-10-5-8(2)4-9(12)6-10/h4-6,11,13-14H,3,7H2,1-2H3/t11-/m1/s1. The van der Waals surface area contributed by atoms with Crippen LogP contribution in [0.4, 0.5) is 5.69 Å². The molecule has 2 nitrogen and oxygen atoms in total. The van der Waals surface area contributed by atoms with E-state index in [1.54, 1.807) is 0 Å². The lowest BCUT2D eigenvalue weighted by Crippen LogP contribution is -2.18. The first-order valence-corrected chi connectivity index (χ1v) is 5.60. The molecule has 1 rings (SSSR count). The summed E-state index contributed by atoms with van der Waals surface area (Å²) in [5.74, 6) is 0. The number of nitrogens with one attached hydrogen (secondary N) is 1. The van der Waals surface area contributed by atoms with Gasteiger partial charge in [0.25, 0.3) is 0 Å². The number of benzene rings is 1. The summed E-state index contributed by atoms with van der Waals surface area (Å²) in [5.41, 5.74) is 2.25. The lowest BCUT2D eigenvalue weighted by molar-refractivity contribution is 0.183. The summed E-state index contributed by atoms with van der Waals surface area (Å²) < 4.78 is 1.06. The molecule has 0 saturated heterocycles. The highest BCUT2D eigenvalue weighted by Gasteiger charge is 2.01. The van der Waals surface area contributed by atoms with Gasteiger partial charge < -0.3 is 10.4 Å². The third-order valence-corrected chi connectivity index (χ3v) is 2.51. The highest BCUT2D eigenvalue weighted by Crippen LogP contribution is 2.18. The van der Waals surface area contributed by atoms with Crippen molar-refractivity contribution in [1.82, 2.24) is 0 Å². The Morgan fingerprint density at radius 3 is 2.71 bits per heavy atom. The molecule has 0 heterocycles. The first kappa shape index (κ1) is 11.5. The Bertz CT molecular complexity index is 281. The molecule has 0 spiro atoms. The van der Waals surface area contributed by atoms with E-state index in [4.69, 9.17) is 0 Å². The number of rotatable bonds is 4. The van der Waals surface area contributed by atoms with E-state index in [0.717, 1.165) is 16.6 Å². The van der Waals surface area contributed by atoms with E-state index in [2.05, 4.69) is 33.4 Å². The second-order valence-electron chi connectivity index (χ2n) is 3.46. The van der Waals surface area contributed by atoms with Crippen LogP contribution in [0.15, 0.2) is 22.7 Å². The predicted molar refractivity (Wildman–Crippen MR) is 63.7 cm³/mol. The van der Waals surface area contributed by atoms with Crippen molar-refractivity contribution in [3.63, 3.8) is 0 Å². The Balaban J connectivity index is 2.58. The molecular weight excluding hydrogens is 242 g/mol. The third kappa shape index (κ3) is 3.68. The number of halogens is 1. The largest absolute Gasteiger partial charge is 0.391 e. The topological polar surface area (TPSA) is 32.3 Å². The molecule has 0 saturated carbocycles. The Labute approximate surface area is 93.5 Å². The summed E-state index contributed by atoms with van der Waals surface area (Å²) in [6.07, 6.45) is 0.509. The van der Waals surface area contributed by atoms with Crippen molar-refractivity contribution in [2.24, 2.45) is 0 Å². The van der Waals surface area contributed by atoms with E-state index < -0.39 is 0 Å². The van der Waals surface area contributed by atoms with Gasteiger partial charge in [-0.2, -0.15) is 0 Å². The van der Waals surface area contributed by atoms with Crippen LogP contribution in [0.5, 0.6) is 0 Å². The van der Waals surface area contributed by atoms with Gasteiger partial charge in [0.15, 0.2) is 0 Å². The summed E-state index contributed by atoms with van der Waals surface area (Å²) >= 11 is 3.43. The Kier molecular flexibility index (Phi) is 4.42. The maximum atomic E-state index is 9.38. The number of anilines is 1. The minimum atomic E-state index is -0.269. The van der Waals surface area contributed by atoms with Gasteiger partial charge in [-0.3, -0.25) is 0 Å². The molecule has 0 aliphatic carbocycles. The number of hydrogen-bond acceptors (Lipinski definition) is 2. The fourth-order valence-electron chi connectivity index (χ4n) is 1.22. The number of aliphatic hydroxyl groups excluding tert-OH is 1. The van der Waals surface area contributed by atoms with Gasteiger partial charge in [0.05, 0.1) is 6.10 Å². The van der Waals surface area contributed by atoms with Crippen LogP contribution in [0.2, 0.25) is 0 Å². The predicted octanol–water partition coefficient (Wildman–Crippen LogP) is 2.94. The Morgan fingerprint density at radius 2 is 2.14 bits per heavy atom. The lowest BCUT2D eigenvalue weighted by atomic mass is 10.2. The van der Waals surface area contributed by atoms with E-state index in [0.29, 0.717) is 6.54 Å². The second-order valence-corrected chi connectivity index (χ2v) is 4.38. The zero-order chi connectivity index (χ0) is 10.6. The molecule has 78 valence electrons. The summed E-state index contributed by atoms with van der Waals surface area (Å²) in [6.45, 7) is 4.62. The first-order chi connectivity index (χ1) is 6.61. The summed E-state index contributed by atoms with van der Waals surface area (Å²) in [4.78, 5) is 0. The van der Waals surface area contributed by atoms with Gasteiger partial charge in [-0.15, -0.1) is 0 Å². The molecule has 1 atom stereocenters. The van der Waals surface area contributed by atoms with Crippen LogP contribution < -0.4 is 5.32 Å². The maximum Gasteiger partial charge on any atom is 0.0709 e. The molecule has 0 unspecified atom stereocenters. The normalized spacial score (nSPS) is 12.6. The van der Waals surface area contributed by atoms with Gasteiger partial charge in [0.1, 0.15) is 0 Å². The monoisotopic (exact) mass is 257 g/mol. The highest BCUT2D eigenvalue weighted by atomic mass is 79.9. The summed E-state index contributed by atoms with van der Waals surface area (Å²) in [5, 5.41) is 12.6. The Hall–Kier alpha value is -0.540. The zero-order valence-electron chi connectivity index (χ0n) is 8.55. The van der Waals surface area contributed by atoms with Crippen molar-refractivity contribution >= 4 is 21.6 Å². The van der Waals surface area contributed by atoms with Crippen LogP contribution in [0.3, 0.4) is 0 Å². The van der Waals surface area contributed by atoms with E-state index in [1.165, 1.54) is 5.56 Å². The van der Waals surface area contributed by atoms with Crippen molar-refractivity contribution in [1.29, 1.82) is 0 Å². The maximum absolute atomic E-state index is 9.38. The van der Waals surface area contributed by atoms with Crippen molar-refractivity contribution in [2.45, 2.75) is 26.4 Å². The molecule has 14 heavy (non-hydrogen) atoms. The van der Waals surface area contributed by atoms with Gasteiger partial charge in [0.2, 0.25) is 0 Å². The van der Waals surface area contributed by atoms with Gasteiger partial charge in [-0.05, 0) is 37.1 Å². The average Bonchev–Trinajstić information content (AvgIpc) is 2.12. The molecule has 0 aromatic heterocycles. The lowest BCUT2D eigenvalue weighted by Gasteiger charge is -2.11. The van der Waals surface area contributed by atoms with Gasteiger partial charge >= 0.3 is 0 Å². The molecule has 0 aliphatic heterocycles. The van der Waals surface area contributed by atoms with Gasteiger partial charge in [0, 0.05) is 16.7 Å². The molecule has 1 aromatic carbocycles. The fraction of sp³-hybridized carbons (Fsp3) is 0.455. The third-order valence-electron chi connectivity index (χ3n) is 2.06. The number of aryl methyl sites for hydroxylation is 1. The minimum Gasteiger partial charge on any atom is -0.391 e. The Morgan fingerprint density at radius 1 is 1.43 bits per heavy atom. The van der Waals surface area contributed by atoms with Crippen LogP contribution in [0.1, 0.15) is 18.9 Å². The van der Waals surface area contributed by atoms with E-state index in [9.17, 15) is 5.11 Å². The van der Waals surface area contributed by atoms with Crippen LogP contribution >= 0.6 is 15.9 Å². The number of aliphatic hydroxyl groups is 1. The summed E-state index contributed by atoms with van der Waals surface area (Å²) in [6, 6.07) is 6.13. The molecule has 0 radical (unpaired) electrons. The molecule has 1 aromatic rings. The molecule has 0 bridgehead atoms. The van der Waals surface area contributed by atoms with Crippen molar-refractivity contribution in [3.8, 4) is 0 Å². The van der Waals surface area contributed by atoms with Crippen LogP contribution in [0, 0.1) is 6.92 Å². The minimum absolute atomic E-state index is 0.269. The van der Waals surface area contributed by atoms with Crippen molar-refractivity contribution in [3.05, 3.63) is 28.2 Å². The second kappa shape index (κ2) is 5.37. The molecule has 0 aliphatic rings. The van der Waals surface area contributed by atoms with Crippen LogP contribution in [-0.2, 0) is 0 Å². The van der Waals surface area contributed by atoms with Crippen molar-refractivity contribution in [2.75, 3.05) is 11.9 Å². The smallest absolute Gasteiger partial charge is 0.0709 e. The summed E-state index contributed by atoms with van der Waals surface area (Å²) in [7, 11) is 0. The van der Waals surface area contributed by atoms with E-state index >= 15 is 0 Å². The first-order valence-electron chi connectivity index (χ1n) is 4.81. The number of hydrogen-bond donors (Lipinski definition) is 2.